The lowest BCUT2D eigenvalue weighted by molar-refractivity contribution is -0.137. The van der Waals surface area contributed by atoms with Crippen molar-refractivity contribution in [2.75, 3.05) is 7.05 Å². The van der Waals surface area contributed by atoms with Gasteiger partial charge in [0.25, 0.3) is 0 Å². The van der Waals surface area contributed by atoms with Crippen molar-refractivity contribution >= 4 is 0 Å². The third kappa shape index (κ3) is 3.71. The van der Waals surface area contributed by atoms with Gasteiger partial charge in [0.15, 0.2) is 0 Å². The number of nitrogens with one attached hydrogen (secondary N) is 1. The standard InChI is InChI=1S/C14H13F3N2O/c1-18-8-10-2-7-13(19-9-10)20-12-5-3-11(4-6-12)14(15,16)17/h2-7,9,18H,8H2,1H3. The number of aromatic nitrogens is 1. The highest BCUT2D eigenvalue weighted by atomic mass is 19.4. The third-order valence-electron chi connectivity index (χ3n) is 2.58. The van der Waals surface area contributed by atoms with E-state index >= 15 is 0 Å². The Kier molecular flexibility index (Phi) is 4.24. The fourth-order valence-corrected chi connectivity index (χ4v) is 1.61. The maximum atomic E-state index is 12.4. The van der Waals surface area contributed by atoms with Crippen LogP contribution in [0.15, 0.2) is 42.6 Å². The molecule has 0 fully saturated rings. The van der Waals surface area contributed by atoms with Gasteiger partial charge in [0.2, 0.25) is 5.88 Å². The van der Waals surface area contributed by atoms with Gasteiger partial charge in [-0.15, -0.1) is 0 Å². The minimum Gasteiger partial charge on any atom is -0.439 e. The van der Waals surface area contributed by atoms with Gasteiger partial charge in [-0.1, -0.05) is 6.07 Å². The van der Waals surface area contributed by atoms with Gasteiger partial charge >= 0.3 is 6.18 Å². The van der Waals surface area contributed by atoms with E-state index in [2.05, 4.69) is 10.3 Å². The molecule has 1 heterocycles. The van der Waals surface area contributed by atoms with Gasteiger partial charge < -0.3 is 10.1 Å². The first-order chi connectivity index (χ1) is 9.49. The minimum absolute atomic E-state index is 0.312. The van der Waals surface area contributed by atoms with Crippen LogP contribution < -0.4 is 10.1 Å². The van der Waals surface area contributed by atoms with Crippen LogP contribution in [0.5, 0.6) is 11.6 Å². The first kappa shape index (κ1) is 14.3. The Balaban J connectivity index is 2.06. The number of halogens is 3. The Morgan fingerprint density at radius 3 is 2.30 bits per heavy atom. The van der Waals surface area contributed by atoms with Crippen LogP contribution in [-0.2, 0) is 12.7 Å². The van der Waals surface area contributed by atoms with E-state index in [1.54, 1.807) is 12.3 Å². The molecular formula is C14H13F3N2O. The number of rotatable bonds is 4. The molecule has 2 rings (SSSR count). The lowest BCUT2D eigenvalue weighted by Crippen LogP contribution is -2.05. The molecule has 2 aromatic rings. The molecule has 0 radical (unpaired) electrons. The van der Waals surface area contributed by atoms with Gasteiger partial charge in [0.05, 0.1) is 5.56 Å². The second kappa shape index (κ2) is 5.92. The van der Waals surface area contributed by atoms with Crippen molar-refractivity contribution in [3.63, 3.8) is 0 Å². The van der Waals surface area contributed by atoms with E-state index in [0.717, 1.165) is 17.7 Å². The molecule has 0 bridgehead atoms. The van der Waals surface area contributed by atoms with Crippen LogP contribution in [0, 0.1) is 0 Å². The van der Waals surface area contributed by atoms with E-state index in [4.69, 9.17) is 4.74 Å². The summed E-state index contributed by atoms with van der Waals surface area (Å²) in [5.74, 6) is 0.650. The molecule has 1 aromatic heterocycles. The highest BCUT2D eigenvalue weighted by molar-refractivity contribution is 5.32. The minimum atomic E-state index is -4.34. The maximum absolute atomic E-state index is 12.4. The first-order valence-corrected chi connectivity index (χ1v) is 5.93. The average Bonchev–Trinajstić information content (AvgIpc) is 2.41. The normalized spacial score (nSPS) is 11.4. The lowest BCUT2D eigenvalue weighted by Gasteiger charge is -2.08. The van der Waals surface area contributed by atoms with Crippen molar-refractivity contribution < 1.29 is 17.9 Å². The number of benzene rings is 1. The smallest absolute Gasteiger partial charge is 0.416 e. The summed E-state index contributed by atoms with van der Waals surface area (Å²) in [7, 11) is 1.83. The van der Waals surface area contributed by atoms with Crippen molar-refractivity contribution in [1.29, 1.82) is 0 Å². The average molecular weight is 282 g/mol. The largest absolute Gasteiger partial charge is 0.439 e. The van der Waals surface area contributed by atoms with E-state index < -0.39 is 11.7 Å². The topological polar surface area (TPSA) is 34.1 Å². The van der Waals surface area contributed by atoms with Gasteiger partial charge in [-0.25, -0.2) is 4.98 Å². The van der Waals surface area contributed by atoms with Crippen LogP contribution >= 0.6 is 0 Å². The first-order valence-electron chi connectivity index (χ1n) is 5.93. The van der Waals surface area contributed by atoms with Gasteiger partial charge in [0.1, 0.15) is 5.75 Å². The summed E-state index contributed by atoms with van der Waals surface area (Å²) in [4.78, 5) is 4.08. The number of alkyl halides is 3. The molecule has 0 spiro atoms. The predicted molar refractivity (Wildman–Crippen MR) is 68.5 cm³/mol. The molecule has 1 N–H and O–H groups in total. The number of nitrogens with zero attached hydrogens (tertiary/aromatic N) is 1. The van der Waals surface area contributed by atoms with Gasteiger partial charge in [-0.2, -0.15) is 13.2 Å². The zero-order valence-electron chi connectivity index (χ0n) is 10.7. The molecule has 0 aliphatic carbocycles. The molecule has 0 unspecified atom stereocenters. The van der Waals surface area contributed by atoms with E-state index in [0.29, 0.717) is 18.2 Å². The van der Waals surface area contributed by atoms with E-state index in [1.807, 2.05) is 13.1 Å². The maximum Gasteiger partial charge on any atom is 0.416 e. The summed E-state index contributed by atoms with van der Waals surface area (Å²) in [6.45, 7) is 0.688. The molecular weight excluding hydrogens is 269 g/mol. The SMILES string of the molecule is CNCc1ccc(Oc2ccc(C(F)(F)F)cc2)nc1. The zero-order chi connectivity index (χ0) is 14.6. The molecule has 0 saturated heterocycles. The second-order valence-electron chi connectivity index (χ2n) is 4.16. The summed E-state index contributed by atoms with van der Waals surface area (Å²) in [5, 5.41) is 2.99. The summed E-state index contributed by atoms with van der Waals surface area (Å²) in [5.41, 5.74) is 0.287. The van der Waals surface area contributed by atoms with Crippen LogP contribution in [0.25, 0.3) is 0 Å². The highest BCUT2D eigenvalue weighted by Gasteiger charge is 2.30. The molecule has 1 aromatic carbocycles. The predicted octanol–water partition coefficient (Wildman–Crippen LogP) is 3.61. The Morgan fingerprint density at radius 2 is 1.80 bits per heavy atom. The quantitative estimate of drug-likeness (QED) is 0.930. The highest BCUT2D eigenvalue weighted by Crippen LogP contribution is 2.31. The Hall–Kier alpha value is -2.08. The van der Waals surface area contributed by atoms with Crippen LogP contribution in [0.3, 0.4) is 0 Å². The number of hydrogen-bond donors (Lipinski definition) is 1. The monoisotopic (exact) mass is 282 g/mol. The van der Waals surface area contributed by atoms with E-state index in [9.17, 15) is 13.2 Å². The molecule has 0 aliphatic rings. The molecule has 0 saturated carbocycles. The molecule has 0 atom stereocenters. The van der Waals surface area contributed by atoms with Gasteiger partial charge in [-0.3, -0.25) is 0 Å². The van der Waals surface area contributed by atoms with Crippen molar-refractivity contribution in [3.8, 4) is 11.6 Å². The second-order valence-corrected chi connectivity index (χ2v) is 4.16. The molecule has 0 aliphatic heterocycles. The number of pyridine rings is 1. The molecule has 20 heavy (non-hydrogen) atoms. The van der Waals surface area contributed by atoms with Crippen LogP contribution in [-0.4, -0.2) is 12.0 Å². The van der Waals surface area contributed by atoms with Crippen molar-refractivity contribution in [3.05, 3.63) is 53.7 Å². The number of ether oxygens (including phenoxy) is 1. The number of hydrogen-bond acceptors (Lipinski definition) is 3. The van der Waals surface area contributed by atoms with E-state index in [-0.39, 0.29) is 0 Å². The van der Waals surface area contributed by atoms with Crippen LogP contribution in [0.4, 0.5) is 13.2 Å². The lowest BCUT2D eigenvalue weighted by atomic mass is 10.2. The fraction of sp³-hybridized carbons (Fsp3) is 0.214. The third-order valence-corrected chi connectivity index (χ3v) is 2.58. The van der Waals surface area contributed by atoms with Crippen LogP contribution in [0.1, 0.15) is 11.1 Å². The summed E-state index contributed by atoms with van der Waals surface area (Å²) in [6, 6.07) is 8.00. The Bertz CT molecular complexity index is 550. The van der Waals surface area contributed by atoms with Crippen molar-refractivity contribution in [2.24, 2.45) is 0 Å². The van der Waals surface area contributed by atoms with Crippen LogP contribution in [0.2, 0.25) is 0 Å². The van der Waals surface area contributed by atoms with Gasteiger partial charge in [0, 0.05) is 18.8 Å². The Morgan fingerprint density at radius 1 is 1.10 bits per heavy atom. The molecule has 0 amide bonds. The molecule has 6 heteroatoms. The van der Waals surface area contributed by atoms with Crippen molar-refractivity contribution in [1.82, 2.24) is 10.3 Å². The zero-order valence-corrected chi connectivity index (χ0v) is 10.7. The Labute approximate surface area is 114 Å². The summed E-state index contributed by atoms with van der Waals surface area (Å²) < 4.78 is 42.6. The fourth-order valence-electron chi connectivity index (χ4n) is 1.61. The summed E-state index contributed by atoms with van der Waals surface area (Å²) >= 11 is 0. The molecule has 3 nitrogen and oxygen atoms in total. The van der Waals surface area contributed by atoms with Gasteiger partial charge in [-0.05, 0) is 36.9 Å². The summed E-state index contributed by atoms with van der Waals surface area (Å²) in [6.07, 6.45) is -2.69. The van der Waals surface area contributed by atoms with Crippen molar-refractivity contribution in [2.45, 2.75) is 12.7 Å². The molecule has 106 valence electrons. The van der Waals surface area contributed by atoms with E-state index in [1.165, 1.54) is 12.1 Å².